The van der Waals surface area contributed by atoms with Crippen molar-refractivity contribution in [3.63, 3.8) is 0 Å². The van der Waals surface area contributed by atoms with Crippen LogP contribution in [0.3, 0.4) is 0 Å². The smallest absolute Gasteiger partial charge is 0.306 e. The number of unbranched alkanes of at least 4 members (excludes halogenated alkanes) is 19. The normalized spacial score (nSPS) is 13.0. The van der Waals surface area contributed by atoms with E-state index in [-0.39, 0.29) is 37.5 Å². The second-order valence-electron chi connectivity index (χ2n) is 18.4. The van der Waals surface area contributed by atoms with E-state index in [2.05, 4.69) is 142 Å². The quantitative estimate of drug-likeness (QED) is 0.0262. The van der Waals surface area contributed by atoms with Crippen molar-refractivity contribution in [1.82, 2.24) is 0 Å². The molecule has 1 unspecified atom stereocenters. The van der Waals surface area contributed by atoms with E-state index in [0.29, 0.717) is 19.3 Å². The summed E-state index contributed by atoms with van der Waals surface area (Å²) < 4.78 is 16.8. The maximum atomic E-state index is 12.8. The zero-order valence-corrected chi connectivity index (χ0v) is 45.2. The lowest BCUT2D eigenvalue weighted by atomic mass is 10.1. The number of carbonyl (C=O) groups is 3. The van der Waals surface area contributed by atoms with Gasteiger partial charge in [0.15, 0.2) is 6.10 Å². The molecule has 0 aromatic carbocycles. The summed E-state index contributed by atoms with van der Waals surface area (Å²) in [4.78, 5) is 38.2. The molecule has 0 fully saturated rings. The summed E-state index contributed by atoms with van der Waals surface area (Å²) in [5.41, 5.74) is 0. The van der Waals surface area contributed by atoms with Crippen LogP contribution >= 0.6 is 0 Å². The van der Waals surface area contributed by atoms with E-state index in [4.69, 9.17) is 14.2 Å². The summed E-state index contributed by atoms with van der Waals surface area (Å²) in [7, 11) is 0. The van der Waals surface area contributed by atoms with E-state index in [1.165, 1.54) is 83.5 Å². The van der Waals surface area contributed by atoms with Gasteiger partial charge in [-0.3, -0.25) is 14.4 Å². The molecule has 1 atom stereocenters. The summed E-state index contributed by atoms with van der Waals surface area (Å²) in [6.45, 7) is 6.33. The molecule has 0 spiro atoms. The second kappa shape index (κ2) is 57.4. The van der Waals surface area contributed by atoms with Crippen LogP contribution in [0.5, 0.6) is 0 Å². The summed E-state index contributed by atoms with van der Waals surface area (Å²) in [5, 5.41) is 0. The Labute approximate surface area is 431 Å². The molecule has 0 saturated heterocycles. The van der Waals surface area contributed by atoms with E-state index >= 15 is 0 Å². The Kier molecular flexibility index (Phi) is 54.0. The van der Waals surface area contributed by atoms with Gasteiger partial charge in [-0.15, -0.1) is 0 Å². The first kappa shape index (κ1) is 65.8. The molecule has 0 bridgehead atoms. The molecule has 6 heteroatoms. The summed E-state index contributed by atoms with van der Waals surface area (Å²) in [6, 6.07) is 0. The van der Waals surface area contributed by atoms with Gasteiger partial charge in [-0.25, -0.2) is 0 Å². The topological polar surface area (TPSA) is 78.9 Å². The zero-order valence-electron chi connectivity index (χ0n) is 45.2. The van der Waals surface area contributed by atoms with Gasteiger partial charge in [-0.2, -0.15) is 0 Å². The van der Waals surface area contributed by atoms with Crippen LogP contribution in [-0.4, -0.2) is 37.2 Å². The van der Waals surface area contributed by atoms with Crippen molar-refractivity contribution >= 4 is 17.9 Å². The minimum Gasteiger partial charge on any atom is -0.462 e. The van der Waals surface area contributed by atoms with E-state index < -0.39 is 6.10 Å². The maximum Gasteiger partial charge on any atom is 0.306 e. The Morgan fingerprint density at radius 2 is 0.571 bits per heavy atom. The van der Waals surface area contributed by atoms with Gasteiger partial charge in [0.25, 0.3) is 0 Å². The fourth-order valence-electron chi connectivity index (χ4n) is 7.46. The molecule has 0 aromatic heterocycles. The van der Waals surface area contributed by atoms with E-state index in [1.807, 2.05) is 0 Å². The average molecular weight is 970 g/mol. The highest BCUT2D eigenvalue weighted by Crippen LogP contribution is 2.14. The Bertz CT molecular complexity index is 1490. The maximum absolute atomic E-state index is 12.8. The number of ether oxygens (including phenoxy) is 3. The van der Waals surface area contributed by atoms with Crippen molar-refractivity contribution in [3.05, 3.63) is 122 Å². The Morgan fingerprint density at radius 3 is 0.914 bits per heavy atom. The highest BCUT2D eigenvalue weighted by atomic mass is 16.6. The van der Waals surface area contributed by atoms with Crippen LogP contribution in [0, 0.1) is 0 Å². The van der Waals surface area contributed by atoms with Crippen molar-refractivity contribution in [2.45, 2.75) is 252 Å². The van der Waals surface area contributed by atoms with Gasteiger partial charge in [0.1, 0.15) is 13.2 Å². The third-order valence-corrected chi connectivity index (χ3v) is 11.7. The summed E-state index contributed by atoms with van der Waals surface area (Å²) in [5.74, 6) is -0.989. The fraction of sp³-hybridized carbons (Fsp3) is 0.641. The van der Waals surface area contributed by atoms with Gasteiger partial charge < -0.3 is 14.2 Å². The molecule has 0 aromatic rings. The molecule has 396 valence electrons. The molecule has 0 saturated carbocycles. The van der Waals surface area contributed by atoms with Crippen LogP contribution in [0.1, 0.15) is 245 Å². The minimum atomic E-state index is -0.819. The third-order valence-electron chi connectivity index (χ3n) is 11.7. The molecule has 0 N–H and O–H groups in total. The number of esters is 3. The molecule has 0 aliphatic heterocycles. The molecule has 0 heterocycles. The van der Waals surface area contributed by atoms with Gasteiger partial charge >= 0.3 is 17.9 Å². The number of hydrogen-bond donors (Lipinski definition) is 0. The van der Waals surface area contributed by atoms with Crippen molar-refractivity contribution in [2.75, 3.05) is 13.2 Å². The van der Waals surface area contributed by atoms with Gasteiger partial charge in [-0.05, 0) is 122 Å². The first-order valence-electron chi connectivity index (χ1n) is 28.5. The second-order valence-corrected chi connectivity index (χ2v) is 18.4. The van der Waals surface area contributed by atoms with Crippen LogP contribution < -0.4 is 0 Å². The van der Waals surface area contributed by atoms with Crippen molar-refractivity contribution in [2.24, 2.45) is 0 Å². The lowest BCUT2D eigenvalue weighted by molar-refractivity contribution is -0.167. The third kappa shape index (κ3) is 54.7. The first-order chi connectivity index (χ1) is 34.5. The molecule has 0 rings (SSSR count). The number of carbonyl (C=O) groups excluding carboxylic acids is 3. The molecular weight excluding hydrogens is 865 g/mol. The van der Waals surface area contributed by atoms with Gasteiger partial charge in [0, 0.05) is 19.3 Å². The number of allylic oxidation sites excluding steroid dienone is 20. The van der Waals surface area contributed by atoms with Crippen LogP contribution in [-0.2, 0) is 28.6 Å². The Morgan fingerprint density at radius 1 is 0.300 bits per heavy atom. The van der Waals surface area contributed by atoms with Crippen LogP contribution in [0.15, 0.2) is 122 Å². The van der Waals surface area contributed by atoms with Gasteiger partial charge in [-0.1, -0.05) is 226 Å². The molecule has 6 nitrogen and oxygen atoms in total. The molecule has 70 heavy (non-hydrogen) atoms. The molecule has 0 aliphatic carbocycles. The van der Waals surface area contributed by atoms with Crippen molar-refractivity contribution in [1.29, 1.82) is 0 Å². The monoisotopic (exact) mass is 969 g/mol. The summed E-state index contributed by atoms with van der Waals surface area (Å²) in [6.07, 6.45) is 79.0. The van der Waals surface area contributed by atoms with Crippen molar-refractivity contribution < 1.29 is 28.6 Å². The highest BCUT2D eigenvalue weighted by molar-refractivity contribution is 5.71. The van der Waals surface area contributed by atoms with Crippen LogP contribution in [0.2, 0.25) is 0 Å². The standard InChI is InChI=1S/C64H104O6/c1-4-7-10-13-16-19-22-25-28-31-34-36-39-42-45-48-51-54-57-63(66)69-60-61(70-64(67)58-55-52-49-46-43-40-37-33-30-27-24-21-18-15-12-9-6-3)59-68-62(65)56-53-50-47-44-41-38-35-32-29-26-23-20-17-14-11-8-5-2/h8-9,11-12,17-22,26-31,37,40,46,49,61H,4-7,10,13-16,23-25,32-36,38-39,41-45,47-48,50-60H2,1-3H3/b11-8-,12-9-,20-17-,21-18-,22-19-,29-26-,30-27-,31-28-,40-37-,49-46-. The molecule has 0 radical (unpaired) electrons. The SMILES string of the molecule is CC/C=C\C/C=C\C/C=C\C/C=C\C/C=C\CCCC(=O)OC(COC(=O)CCCCCCCCC/C=C\C/C=C\C/C=C\CC)COC(=O)CCCCCCCCC/C=C\C/C=C\CCCCCC. The average Bonchev–Trinajstić information content (AvgIpc) is 3.36. The lowest BCUT2D eigenvalue weighted by Crippen LogP contribution is -2.30. The first-order valence-corrected chi connectivity index (χ1v) is 28.5. The Balaban J connectivity index is 4.52. The minimum absolute atomic E-state index is 0.111. The van der Waals surface area contributed by atoms with Crippen LogP contribution in [0.4, 0.5) is 0 Å². The molecule has 0 amide bonds. The largest absolute Gasteiger partial charge is 0.462 e. The summed E-state index contributed by atoms with van der Waals surface area (Å²) >= 11 is 0. The van der Waals surface area contributed by atoms with Gasteiger partial charge in [0.05, 0.1) is 0 Å². The van der Waals surface area contributed by atoms with E-state index in [1.54, 1.807) is 0 Å². The van der Waals surface area contributed by atoms with E-state index in [0.717, 1.165) is 116 Å². The Hall–Kier alpha value is -4.19. The number of rotatable bonds is 50. The lowest BCUT2D eigenvalue weighted by Gasteiger charge is -2.18. The molecule has 0 aliphatic rings. The predicted molar refractivity (Wildman–Crippen MR) is 302 cm³/mol. The fourth-order valence-corrected chi connectivity index (χ4v) is 7.46. The molecular formula is C64H104O6. The number of hydrogen-bond acceptors (Lipinski definition) is 6. The van der Waals surface area contributed by atoms with Gasteiger partial charge in [0.2, 0.25) is 0 Å². The van der Waals surface area contributed by atoms with E-state index in [9.17, 15) is 14.4 Å². The van der Waals surface area contributed by atoms with Crippen molar-refractivity contribution in [3.8, 4) is 0 Å². The highest BCUT2D eigenvalue weighted by Gasteiger charge is 2.19. The zero-order chi connectivity index (χ0) is 50.7. The predicted octanol–water partition coefficient (Wildman–Crippen LogP) is 19.3. The van der Waals surface area contributed by atoms with Crippen LogP contribution in [0.25, 0.3) is 0 Å².